The summed E-state index contributed by atoms with van der Waals surface area (Å²) >= 11 is 0. The van der Waals surface area contributed by atoms with Crippen LogP contribution in [0, 0.1) is 5.92 Å². The lowest BCUT2D eigenvalue weighted by atomic mass is 10.2. The van der Waals surface area contributed by atoms with Crippen molar-refractivity contribution in [3.8, 4) is 11.4 Å². The lowest BCUT2D eigenvalue weighted by Gasteiger charge is -2.15. The van der Waals surface area contributed by atoms with Crippen molar-refractivity contribution in [3.63, 3.8) is 0 Å². The SMILES string of the molecule is CC(C)COc1cn(-c2ccccc2)nc1C(=O)N1CC[C@@H](O)C1. The molecule has 0 spiro atoms. The number of aliphatic hydroxyl groups is 1. The van der Waals surface area contributed by atoms with Crippen molar-refractivity contribution in [1.29, 1.82) is 0 Å². The molecule has 0 bridgehead atoms. The normalized spacial score (nSPS) is 17.5. The molecule has 1 aromatic heterocycles. The molecule has 1 amide bonds. The van der Waals surface area contributed by atoms with Crippen molar-refractivity contribution in [3.05, 3.63) is 42.2 Å². The number of likely N-dealkylation sites (tertiary alicyclic amines) is 1. The van der Waals surface area contributed by atoms with Crippen LogP contribution in [0.5, 0.6) is 5.75 Å². The monoisotopic (exact) mass is 329 g/mol. The largest absolute Gasteiger partial charge is 0.489 e. The predicted molar refractivity (Wildman–Crippen MR) is 90.4 cm³/mol. The molecule has 1 aliphatic heterocycles. The zero-order valence-corrected chi connectivity index (χ0v) is 14.1. The molecule has 0 unspecified atom stereocenters. The number of ether oxygens (including phenoxy) is 1. The molecule has 3 rings (SSSR count). The highest BCUT2D eigenvalue weighted by Gasteiger charge is 2.29. The van der Waals surface area contributed by atoms with Gasteiger partial charge in [0, 0.05) is 13.1 Å². The number of aliphatic hydroxyl groups excluding tert-OH is 1. The van der Waals surface area contributed by atoms with Crippen LogP contribution < -0.4 is 4.74 Å². The number of carbonyl (C=O) groups is 1. The molecule has 2 aromatic rings. The summed E-state index contributed by atoms with van der Waals surface area (Å²) in [4.78, 5) is 14.4. The smallest absolute Gasteiger partial charge is 0.278 e. The van der Waals surface area contributed by atoms with Crippen LogP contribution >= 0.6 is 0 Å². The molecule has 1 N–H and O–H groups in total. The third kappa shape index (κ3) is 3.59. The highest BCUT2D eigenvalue weighted by atomic mass is 16.5. The zero-order chi connectivity index (χ0) is 17.1. The number of rotatable bonds is 5. The average molecular weight is 329 g/mol. The van der Waals surface area contributed by atoms with Gasteiger partial charge >= 0.3 is 0 Å². The second-order valence-corrected chi connectivity index (χ2v) is 6.52. The van der Waals surface area contributed by atoms with Gasteiger partial charge in [0.15, 0.2) is 11.4 Å². The lowest BCUT2D eigenvalue weighted by Crippen LogP contribution is -2.30. The van der Waals surface area contributed by atoms with Crippen LogP contribution in [-0.4, -0.2) is 51.5 Å². The Kier molecular flexibility index (Phi) is 4.85. The highest BCUT2D eigenvalue weighted by Crippen LogP contribution is 2.24. The minimum absolute atomic E-state index is 0.194. The van der Waals surface area contributed by atoms with E-state index in [4.69, 9.17) is 4.74 Å². The van der Waals surface area contributed by atoms with Crippen LogP contribution in [0.3, 0.4) is 0 Å². The number of β-amino-alcohol motifs (C(OH)–C–C–N with tert-alkyl or cyclic N) is 1. The summed E-state index contributed by atoms with van der Waals surface area (Å²) in [5.41, 5.74) is 1.17. The van der Waals surface area contributed by atoms with Gasteiger partial charge in [0.25, 0.3) is 5.91 Å². The van der Waals surface area contributed by atoms with Crippen LogP contribution in [0.25, 0.3) is 5.69 Å². The fraction of sp³-hybridized carbons (Fsp3) is 0.444. The summed E-state index contributed by atoms with van der Waals surface area (Å²) in [6, 6.07) is 9.62. The molecule has 1 fully saturated rings. The van der Waals surface area contributed by atoms with E-state index >= 15 is 0 Å². The molecule has 0 saturated carbocycles. The standard InChI is InChI=1S/C18H23N3O3/c1-13(2)12-24-16-11-21(14-6-4-3-5-7-14)19-17(16)18(23)20-9-8-15(22)10-20/h3-7,11,13,15,22H,8-10,12H2,1-2H3/t15-/m1/s1. The van der Waals surface area contributed by atoms with E-state index in [1.807, 2.05) is 30.3 Å². The van der Waals surface area contributed by atoms with Crippen molar-refractivity contribution in [2.75, 3.05) is 19.7 Å². The summed E-state index contributed by atoms with van der Waals surface area (Å²) in [6.45, 7) is 5.52. The minimum atomic E-state index is -0.454. The Hall–Kier alpha value is -2.34. The van der Waals surface area contributed by atoms with Gasteiger partial charge in [0.05, 0.1) is 24.6 Å². The molecule has 6 heteroatoms. The Balaban J connectivity index is 1.90. The molecule has 2 heterocycles. The van der Waals surface area contributed by atoms with Gasteiger partial charge in [-0.1, -0.05) is 32.0 Å². The molecule has 1 aromatic carbocycles. The molecular formula is C18H23N3O3. The van der Waals surface area contributed by atoms with E-state index < -0.39 is 6.10 Å². The number of para-hydroxylation sites is 1. The number of benzene rings is 1. The molecule has 0 radical (unpaired) electrons. The van der Waals surface area contributed by atoms with Crippen molar-refractivity contribution >= 4 is 5.91 Å². The maximum atomic E-state index is 12.8. The number of hydrogen-bond acceptors (Lipinski definition) is 4. The molecule has 0 aliphatic carbocycles. The molecule has 6 nitrogen and oxygen atoms in total. The number of carbonyl (C=O) groups excluding carboxylic acids is 1. The average Bonchev–Trinajstić information content (AvgIpc) is 3.19. The Bertz CT molecular complexity index is 697. The van der Waals surface area contributed by atoms with Gasteiger partial charge in [-0.2, -0.15) is 5.10 Å². The highest BCUT2D eigenvalue weighted by molar-refractivity contribution is 5.95. The van der Waals surface area contributed by atoms with E-state index in [9.17, 15) is 9.90 Å². The van der Waals surface area contributed by atoms with E-state index in [1.165, 1.54) is 0 Å². The first-order valence-electron chi connectivity index (χ1n) is 8.30. The van der Waals surface area contributed by atoms with Gasteiger partial charge in [-0.25, -0.2) is 4.68 Å². The van der Waals surface area contributed by atoms with E-state index in [0.717, 1.165) is 5.69 Å². The van der Waals surface area contributed by atoms with E-state index in [0.29, 0.717) is 43.5 Å². The Morgan fingerprint density at radius 2 is 2.12 bits per heavy atom. The first-order chi connectivity index (χ1) is 11.5. The van der Waals surface area contributed by atoms with Crippen LogP contribution in [0.1, 0.15) is 30.8 Å². The van der Waals surface area contributed by atoms with Gasteiger partial charge < -0.3 is 14.7 Å². The van der Waals surface area contributed by atoms with Gasteiger partial charge in [-0.15, -0.1) is 0 Å². The van der Waals surface area contributed by atoms with Crippen LogP contribution in [0.15, 0.2) is 36.5 Å². The Morgan fingerprint density at radius 1 is 1.38 bits per heavy atom. The number of hydrogen-bond donors (Lipinski definition) is 1. The van der Waals surface area contributed by atoms with Crippen molar-refractivity contribution < 1.29 is 14.6 Å². The number of aromatic nitrogens is 2. The number of amides is 1. The predicted octanol–water partition coefficient (Wildman–Crippen LogP) is 2.11. The third-order valence-electron chi connectivity index (χ3n) is 3.93. The molecule has 24 heavy (non-hydrogen) atoms. The van der Waals surface area contributed by atoms with E-state index in [2.05, 4.69) is 18.9 Å². The fourth-order valence-electron chi connectivity index (χ4n) is 2.66. The quantitative estimate of drug-likeness (QED) is 0.912. The fourth-order valence-corrected chi connectivity index (χ4v) is 2.66. The summed E-state index contributed by atoms with van der Waals surface area (Å²) in [5, 5.41) is 14.1. The summed E-state index contributed by atoms with van der Waals surface area (Å²) in [7, 11) is 0. The second kappa shape index (κ2) is 7.05. The van der Waals surface area contributed by atoms with E-state index in [-0.39, 0.29) is 5.91 Å². The van der Waals surface area contributed by atoms with Gasteiger partial charge in [0.2, 0.25) is 0 Å². The van der Waals surface area contributed by atoms with Gasteiger partial charge in [-0.3, -0.25) is 4.79 Å². The van der Waals surface area contributed by atoms with Gasteiger partial charge in [-0.05, 0) is 24.5 Å². The maximum absolute atomic E-state index is 12.8. The first-order valence-corrected chi connectivity index (χ1v) is 8.30. The van der Waals surface area contributed by atoms with Crippen LogP contribution in [-0.2, 0) is 0 Å². The van der Waals surface area contributed by atoms with Gasteiger partial charge in [0.1, 0.15) is 0 Å². The maximum Gasteiger partial charge on any atom is 0.278 e. The zero-order valence-electron chi connectivity index (χ0n) is 14.1. The second-order valence-electron chi connectivity index (χ2n) is 6.52. The van der Waals surface area contributed by atoms with Crippen molar-refractivity contribution in [1.82, 2.24) is 14.7 Å². The molecule has 128 valence electrons. The van der Waals surface area contributed by atoms with Crippen LogP contribution in [0.4, 0.5) is 0 Å². The topological polar surface area (TPSA) is 67.6 Å². The summed E-state index contributed by atoms with van der Waals surface area (Å²) < 4.78 is 7.48. The minimum Gasteiger partial charge on any atom is -0.489 e. The first kappa shape index (κ1) is 16.5. The molecule has 1 aliphatic rings. The van der Waals surface area contributed by atoms with Crippen LogP contribution in [0.2, 0.25) is 0 Å². The Morgan fingerprint density at radius 3 is 2.75 bits per heavy atom. The third-order valence-corrected chi connectivity index (χ3v) is 3.93. The molecule has 1 atom stereocenters. The molecule has 1 saturated heterocycles. The van der Waals surface area contributed by atoms with Crippen molar-refractivity contribution in [2.24, 2.45) is 5.92 Å². The Labute approximate surface area is 141 Å². The molecular weight excluding hydrogens is 306 g/mol. The van der Waals surface area contributed by atoms with Crippen molar-refractivity contribution in [2.45, 2.75) is 26.4 Å². The number of nitrogens with zero attached hydrogens (tertiary/aromatic N) is 3. The summed E-state index contributed by atoms with van der Waals surface area (Å²) in [5.74, 6) is 0.639. The lowest BCUT2D eigenvalue weighted by molar-refractivity contribution is 0.0753. The summed E-state index contributed by atoms with van der Waals surface area (Å²) in [6.07, 6.45) is 1.90. The van der Waals surface area contributed by atoms with E-state index in [1.54, 1.807) is 15.8 Å².